The van der Waals surface area contributed by atoms with Crippen molar-refractivity contribution in [1.82, 2.24) is 0 Å². The molecule has 0 bridgehead atoms. The normalized spacial score (nSPS) is 17.8. The molecule has 1 N–H and O–H groups in total. The van der Waals surface area contributed by atoms with Crippen LogP contribution >= 0.6 is 11.6 Å². The van der Waals surface area contributed by atoms with Gasteiger partial charge in [0.15, 0.2) is 0 Å². The van der Waals surface area contributed by atoms with E-state index in [2.05, 4.69) is 0 Å². The molecule has 1 aliphatic rings. The minimum Gasteiger partial charge on any atom is -0.390 e. The van der Waals surface area contributed by atoms with Crippen LogP contribution in [0.2, 0.25) is 5.02 Å². The molecule has 0 radical (unpaired) electrons. The standard InChI is InChI=1S/C12H13ClO3S/c1-12(2,14)7-9-6-8-4-3-5-10(13)11(8)17(9,15)16/h3-6,14H,7H2,1-2H3. The number of fused-ring (bicyclic) bond motifs is 1. The number of hydrogen-bond acceptors (Lipinski definition) is 3. The number of benzene rings is 1. The van der Waals surface area contributed by atoms with Gasteiger partial charge in [0.25, 0.3) is 0 Å². The maximum Gasteiger partial charge on any atom is 0.204 e. The largest absolute Gasteiger partial charge is 0.390 e. The molecule has 1 aliphatic heterocycles. The first kappa shape index (κ1) is 12.6. The molecule has 0 spiro atoms. The third-order valence-corrected chi connectivity index (χ3v) is 4.91. The molecule has 1 heterocycles. The van der Waals surface area contributed by atoms with E-state index in [-0.39, 0.29) is 21.2 Å². The van der Waals surface area contributed by atoms with Crippen molar-refractivity contribution < 1.29 is 13.5 Å². The van der Waals surface area contributed by atoms with Crippen LogP contribution in [0.15, 0.2) is 28.0 Å². The molecule has 0 saturated carbocycles. The molecule has 2 rings (SSSR count). The highest BCUT2D eigenvalue weighted by molar-refractivity contribution is 7.96. The third kappa shape index (κ3) is 2.25. The van der Waals surface area contributed by atoms with E-state index >= 15 is 0 Å². The van der Waals surface area contributed by atoms with Gasteiger partial charge >= 0.3 is 0 Å². The fourth-order valence-corrected chi connectivity index (χ4v) is 4.21. The highest BCUT2D eigenvalue weighted by Crippen LogP contribution is 2.40. The molecule has 5 heteroatoms. The van der Waals surface area contributed by atoms with Crippen molar-refractivity contribution in [3.63, 3.8) is 0 Å². The molecular formula is C12H13ClO3S. The van der Waals surface area contributed by atoms with Gasteiger partial charge in [-0.15, -0.1) is 0 Å². The zero-order valence-corrected chi connectivity index (χ0v) is 11.1. The van der Waals surface area contributed by atoms with Crippen molar-refractivity contribution in [2.75, 3.05) is 0 Å². The minimum absolute atomic E-state index is 0.0837. The fourth-order valence-electron chi connectivity index (χ4n) is 1.88. The summed E-state index contributed by atoms with van der Waals surface area (Å²) in [6, 6.07) is 4.97. The second kappa shape index (κ2) is 3.83. The van der Waals surface area contributed by atoms with E-state index in [0.29, 0.717) is 5.56 Å². The van der Waals surface area contributed by atoms with E-state index in [1.165, 1.54) is 0 Å². The Morgan fingerprint density at radius 1 is 1.35 bits per heavy atom. The maximum absolute atomic E-state index is 12.2. The van der Waals surface area contributed by atoms with Crippen LogP contribution in [0.5, 0.6) is 0 Å². The summed E-state index contributed by atoms with van der Waals surface area (Å²) in [5.41, 5.74) is -0.468. The second-order valence-electron chi connectivity index (χ2n) is 4.76. The Bertz CT molecular complexity index is 595. The van der Waals surface area contributed by atoms with Crippen LogP contribution in [0.1, 0.15) is 25.8 Å². The molecule has 0 saturated heterocycles. The average Bonchev–Trinajstić information content (AvgIpc) is 2.37. The summed E-state index contributed by atoms with van der Waals surface area (Å²) in [5, 5.41) is 9.95. The SMILES string of the molecule is CC(C)(O)CC1=Cc2cccc(Cl)c2S1(=O)=O. The van der Waals surface area contributed by atoms with E-state index in [9.17, 15) is 13.5 Å². The molecule has 0 fully saturated rings. The van der Waals surface area contributed by atoms with Gasteiger partial charge in [0.05, 0.1) is 20.4 Å². The van der Waals surface area contributed by atoms with Crippen molar-refractivity contribution in [2.45, 2.75) is 30.8 Å². The molecule has 0 unspecified atom stereocenters. The fraction of sp³-hybridized carbons (Fsp3) is 0.333. The summed E-state index contributed by atoms with van der Waals surface area (Å²) in [6.45, 7) is 3.15. The quantitative estimate of drug-likeness (QED) is 0.900. The Morgan fingerprint density at radius 3 is 2.53 bits per heavy atom. The number of halogens is 1. The van der Waals surface area contributed by atoms with E-state index < -0.39 is 15.4 Å². The summed E-state index contributed by atoms with van der Waals surface area (Å²) in [5.74, 6) is 0. The van der Waals surface area contributed by atoms with E-state index in [4.69, 9.17) is 11.6 Å². The monoisotopic (exact) mass is 272 g/mol. The lowest BCUT2D eigenvalue weighted by atomic mass is 10.0. The lowest BCUT2D eigenvalue weighted by molar-refractivity contribution is 0.0829. The van der Waals surface area contributed by atoms with Crippen molar-refractivity contribution in [2.24, 2.45) is 0 Å². The average molecular weight is 273 g/mol. The molecule has 1 aromatic carbocycles. The molecule has 0 amide bonds. The van der Waals surface area contributed by atoms with Crippen molar-refractivity contribution in [3.05, 3.63) is 33.7 Å². The van der Waals surface area contributed by atoms with Gasteiger partial charge in [0, 0.05) is 6.42 Å². The smallest absolute Gasteiger partial charge is 0.204 e. The summed E-state index contributed by atoms with van der Waals surface area (Å²) in [7, 11) is -3.54. The first-order valence-electron chi connectivity index (χ1n) is 5.18. The topological polar surface area (TPSA) is 54.4 Å². The molecule has 1 aromatic rings. The summed E-state index contributed by atoms with van der Waals surface area (Å²) in [6.07, 6.45) is 1.66. The van der Waals surface area contributed by atoms with Gasteiger partial charge in [-0.25, -0.2) is 8.42 Å². The minimum atomic E-state index is -3.54. The van der Waals surface area contributed by atoms with Crippen LogP contribution in [0.4, 0.5) is 0 Å². The second-order valence-corrected chi connectivity index (χ2v) is 7.11. The maximum atomic E-state index is 12.2. The highest BCUT2D eigenvalue weighted by Gasteiger charge is 2.34. The van der Waals surface area contributed by atoms with Crippen LogP contribution in [0, 0.1) is 0 Å². The summed E-state index contributed by atoms with van der Waals surface area (Å²) >= 11 is 5.92. The number of rotatable bonds is 2. The summed E-state index contributed by atoms with van der Waals surface area (Å²) < 4.78 is 24.4. The van der Waals surface area contributed by atoms with E-state index in [1.54, 1.807) is 38.1 Å². The molecule has 0 aliphatic carbocycles. The van der Waals surface area contributed by atoms with Crippen molar-refractivity contribution in [1.29, 1.82) is 0 Å². The van der Waals surface area contributed by atoms with Crippen LogP contribution in [-0.4, -0.2) is 19.1 Å². The van der Waals surface area contributed by atoms with Crippen molar-refractivity contribution in [3.8, 4) is 0 Å². The summed E-state index contributed by atoms with van der Waals surface area (Å²) in [4.78, 5) is 0.369. The Hall–Kier alpha value is -0.840. The van der Waals surface area contributed by atoms with Gasteiger partial charge < -0.3 is 5.11 Å². The predicted molar refractivity (Wildman–Crippen MR) is 67.5 cm³/mol. The van der Waals surface area contributed by atoms with Gasteiger partial charge in [0.1, 0.15) is 0 Å². The zero-order chi connectivity index (χ0) is 12.8. The van der Waals surface area contributed by atoms with Crippen molar-refractivity contribution >= 4 is 27.5 Å². The molecule has 17 heavy (non-hydrogen) atoms. The Morgan fingerprint density at radius 2 is 2.00 bits per heavy atom. The van der Waals surface area contributed by atoms with Crippen LogP contribution in [0.3, 0.4) is 0 Å². The van der Waals surface area contributed by atoms with Gasteiger partial charge in [-0.3, -0.25) is 0 Å². The Kier molecular flexibility index (Phi) is 2.84. The lowest BCUT2D eigenvalue weighted by Crippen LogP contribution is -2.21. The van der Waals surface area contributed by atoms with E-state index in [1.807, 2.05) is 0 Å². The predicted octanol–water partition coefficient (Wildman–Crippen LogP) is 2.63. The molecule has 0 atom stereocenters. The van der Waals surface area contributed by atoms with Crippen LogP contribution < -0.4 is 0 Å². The van der Waals surface area contributed by atoms with Crippen LogP contribution in [-0.2, 0) is 9.84 Å². The number of aliphatic hydroxyl groups is 1. The Labute approximate surface area is 106 Å². The van der Waals surface area contributed by atoms with E-state index in [0.717, 1.165) is 0 Å². The highest BCUT2D eigenvalue weighted by atomic mass is 35.5. The molecule has 92 valence electrons. The molecular weight excluding hydrogens is 260 g/mol. The van der Waals surface area contributed by atoms with Crippen LogP contribution in [0.25, 0.3) is 6.08 Å². The first-order chi connectivity index (χ1) is 7.72. The Balaban J connectivity index is 2.54. The van der Waals surface area contributed by atoms with Gasteiger partial charge in [-0.1, -0.05) is 23.7 Å². The van der Waals surface area contributed by atoms with Gasteiger partial charge in [0.2, 0.25) is 9.84 Å². The molecule has 0 aromatic heterocycles. The molecule has 3 nitrogen and oxygen atoms in total. The lowest BCUT2D eigenvalue weighted by Gasteiger charge is -2.17. The van der Waals surface area contributed by atoms with Gasteiger partial charge in [-0.2, -0.15) is 0 Å². The zero-order valence-electron chi connectivity index (χ0n) is 9.57. The number of sulfone groups is 1. The number of hydrogen-bond donors (Lipinski definition) is 1. The third-order valence-electron chi connectivity index (χ3n) is 2.53. The first-order valence-corrected chi connectivity index (χ1v) is 7.04. The van der Waals surface area contributed by atoms with Gasteiger partial charge in [-0.05, 0) is 31.6 Å².